The van der Waals surface area contributed by atoms with Crippen LogP contribution < -0.4 is 9.88 Å². The lowest BCUT2D eigenvalue weighted by atomic mass is 9.89. The average molecular weight is 339 g/mol. The fraction of sp³-hybridized carbons (Fsp3) is 0.562. The number of rotatable bonds is 6. The van der Waals surface area contributed by atoms with Crippen molar-refractivity contribution in [3.8, 4) is 5.75 Å². The quantitative estimate of drug-likeness (QED) is 0.628. The Bertz CT molecular complexity index is 670. The van der Waals surface area contributed by atoms with E-state index in [4.69, 9.17) is 14.6 Å². The van der Waals surface area contributed by atoms with Gasteiger partial charge in [-0.1, -0.05) is 6.42 Å². The number of benzene rings is 1. The van der Waals surface area contributed by atoms with Crippen LogP contribution in [-0.2, 0) is 19.6 Å². The highest BCUT2D eigenvalue weighted by atomic mass is 32.2. The number of nitrogens with two attached hydrogens (primary N) is 1. The van der Waals surface area contributed by atoms with Crippen LogP contribution in [-0.4, -0.2) is 27.6 Å². The summed E-state index contributed by atoms with van der Waals surface area (Å²) in [5.74, 6) is 1.70. The Labute approximate surface area is 136 Å². The Hall–Kier alpha value is -1.60. The van der Waals surface area contributed by atoms with Crippen molar-refractivity contribution >= 4 is 16.0 Å². The molecular weight excluding hydrogens is 318 g/mol. The van der Waals surface area contributed by atoms with Crippen molar-refractivity contribution in [2.75, 3.05) is 13.2 Å². The van der Waals surface area contributed by atoms with Crippen molar-refractivity contribution in [3.05, 3.63) is 24.3 Å². The molecule has 0 aliphatic heterocycles. The molecule has 2 saturated carbocycles. The van der Waals surface area contributed by atoms with Gasteiger partial charge < -0.3 is 9.47 Å². The van der Waals surface area contributed by atoms with E-state index < -0.39 is 10.0 Å². The van der Waals surface area contributed by atoms with Crippen LogP contribution in [0.5, 0.6) is 5.75 Å². The highest BCUT2D eigenvalue weighted by Gasteiger charge is 2.43. The highest BCUT2D eigenvalue weighted by molar-refractivity contribution is 7.89. The number of hydrogen-bond acceptors (Lipinski definition) is 5. The van der Waals surface area contributed by atoms with E-state index >= 15 is 0 Å². The van der Waals surface area contributed by atoms with Gasteiger partial charge in [0.2, 0.25) is 10.0 Å². The van der Waals surface area contributed by atoms with E-state index in [0.29, 0.717) is 17.6 Å². The van der Waals surface area contributed by atoms with Crippen LogP contribution in [0, 0.1) is 17.8 Å². The molecule has 0 aromatic heterocycles. The number of fused-ring (bicyclic) bond motifs is 2. The maximum absolute atomic E-state index is 12.0. The minimum absolute atomic E-state index is 0.0348. The molecule has 7 heteroatoms. The molecule has 2 bridgehead atoms. The standard InChI is InChI=1S/C16H21NO5S/c17-23(19,20)14-5-3-13(4-6-14)21-7-8-22-16(18)15-10-11-1-2-12(15)9-11/h3-6,11-12,15H,1-2,7-10H2,(H2,17,19,20)/t11-,12-,15+/m0/s1. The van der Waals surface area contributed by atoms with Crippen LogP contribution >= 0.6 is 0 Å². The number of primary sulfonamides is 1. The van der Waals surface area contributed by atoms with Crippen LogP contribution in [0.25, 0.3) is 0 Å². The van der Waals surface area contributed by atoms with Gasteiger partial charge in [-0.15, -0.1) is 0 Å². The van der Waals surface area contributed by atoms with Crippen molar-refractivity contribution in [3.63, 3.8) is 0 Å². The second kappa shape index (κ2) is 6.49. The van der Waals surface area contributed by atoms with Crippen LogP contribution in [0.1, 0.15) is 25.7 Å². The first-order valence-corrected chi connectivity index (χ1v) is 9.40. The molecule has 0 unspecified atom stereocenters. The lowest BCUT2D eigenvalue weighted by molar-refractivity contribution is -0.151. The molecule has 3 atom stereocenters. The zero-order valence-corrected chi connectivity index (χ0v) is 13.6. The summed E-state index contributed by atoms with van der Waals surface area (Å²) in [5, 5.41) is 5.02. The number of hydrogen-bond donors (Lipinski definition) is 1. The van der Waals surface area contributed by atoms with Gasteiger partial charge in [-0.05, 0) is 55.4 Å². The van der Waals surface area contributed by atoms with Crippen molar-refractivity contribution in [2.45, 2.75) is 30.6 Å². The normalized spacial score (nSPS) is 26.2. The summed E-state index contributed by atoms with van der Waals surface area (Å²) in [5.41, 5.74) is 0. The molecule has 0 heterocycles. The molecule has 23 heavy (non-hydrogen) atoms. The lowest BCUT2D eigenvalue weighted by Crippen LogP contribution is -2.24. The second-order valence-electron chi connectivity index (χ2n) is 6.31. The average Bonchev–Trinajstić information content (AvgIpc) is 3.14. The molecule has 0 spiro atoms. The van der Waals surface area contributed by atoms with Gasteiger partial charge in [0, 0.05) is 0 Å². The second-order valence-corrected chi connectivity index (χ2v) is 7.88. The molecule has 1 aromatic rings. The first-order chi connectivity index (χ1) is 10.9. The summed E-state index contributed by atoms with van der Waals surface area (Å²) < 4.78 is 33.0. The zero-order chi connectivity index (χ0) is 16.4. The molecule has 2 aliphatic carbocycles. The third-order valence-corrected chi connectivity index (χ3v) is 5.72. The van der Waals surface area contributed by atoms with E-state index in [9.17, 15) is 13.2 Å². The molecule has 0 saturated heterocycles. The van der Waals surface area contributed by atoms with E-state index in [0.717, 1.165) is 12.8 Å². The van der Waals surface area contributed by atoms with Crippen molar-refractivity contribution in [2.24, 2.45) is 22.9 Å². The van der Waals surface area contributed by atoms with Crippen LogP contribution in [0.15, 0.2) is 29.2 Å². The van der Waals surface area contributed by atoms with Gasteiger partial charge in [-0.3, -0.25) is 4.79 Å². The van der Waals surface area contributed by atoms with Gasteiger partial charge in [0.25, 0.3) is 0 Å². The fourth-order valence-electron chi connectivity index (χ4n) is 3.67. The molecule has 0 amide bonds. The van der Waals surface area contributed by atoms with Crippen LogP contribution in [0.4, 0.5) is 0 Å². The molecule has 0 radical (unpaired) electrons. The predicted molar refractivity (Wildman–Crippen MR) is 83.2 cm³/mol. The van der Waals surface area contributed by atoms with Gasteiger partial charge >= 0.3 is 5.97 Å². The highest BCUT2D eigenvalue weighted by Crippen LogP contribution is 2.48. The minimum atomic E-state index is -3.69. The van der Waals surface area contributed by atoms with Crippen LogP contribution in [0.3, 0.4) is 0 Å². The van der Waals surface area contributed by atoms with Gasteiger partial charge in [0.1, 0.15) is 19.0 Å². The van der Waals surface area contributed by atoms with Gasteiger partial charge in [-0.2, -0.15) is 0 Å². The Morgan fingerprint density at radius 2 is 1.87 bits per heavy atom. The smallest absolute Gasteiger partial charge is 0.309 e. The minimum Gasteiger partial charge on any atom is -0.490 e. The molecule has 2 aliphatic rings. The first kappa shape index (κ1) is 16.3. The number of sulfonamides is 1. The number of carbonyl (C=O) groups excluding carboxylic acids is 1. The van der Waals surface area contributed by atoms with Crippen molar-refractivity contribution < 1.29 is 22.7 Å². The number of carbonyl (C=O) groups is 1. The molecule has 6 nitrogen and oxygen atoms in total. The van der Waals surface area contributed by atoms with Crippen molar-refractivity contribution in [1.29, 1.82) is 0 Å². The molecular formula is C16H21NO5S. The Morgan fingerprint density at radius 3 is 2.43 bits per heavy atom. The van der Waals surface area contributed by atoms with E-state index in [-0.39, 0.29) is 30.0 Å². The van der Waals surface area contributed by atoms with Crippen LogP contribution in [0.2, 0.25) is 0 Å². The van der Waals surface area contributed by atoms with Gasteiger partial charge in [0.05, 0.1) is 10.8 Å². The molecule has 3 rings (SSSR count). The Morgan fingerprint density at radius 1 is 1.13 bits per heavy atom. The van der Waals surface area contributed by atoms with E-state index in [1.54, 1.807) is 0 Å². The fourth-order valence-corrected chi connectivity index (χ4v) is 4.18. The SMILES string of the molecule is NS(=O)(=O)c1ccc(OCCOC(=O)[C@@H]2C[C@H]3CC[C@H]2C3)cc1. The van der Waals surface area contributed by atoms with Crippen molar-refractivity contribution in [1.82, 2.24) is 0 Å². The van der Waals surface area contributed by atoms with E-state index in [1.165, 1.54) is 37.1 Å². The summed E-state index contributed by atoms with van der Waals surface area (Å²) in [6.45, 7) is 0.435. The third kappa shape index (κ3) is 3.84. The summed E-state index contributed by atoms with van der Waals surface area (Å²) in [7, 11) is -3.69. The Kier molecular flexibility index (Phi) is 4.59. The first-order valence-electron chi connectivity index (χ1n) is 7.86. The summed E-state index contributed by atoms with van der Waals surface area (Å²) in [4.78, 5) is 12.1. The third-order valence-electron chi connectivity index (χ3n) is 4.79. The summed E-state index contributed by atoms with van der Waals surface area (Å²) in [6, 6.07) is 5.81. The maximum atomic E-state index is 12.0. The Balaban J connectivity index is 1.40. The topological polar surface area (TPSA) is 95.7 Å². The zero-order valence-electron chi connectivity index (χ0n) is 12.8. The van der Waals surface area contributed by atoms with Gasteiger partial charge in [-0.25, -0.2) is 13.6 Å². The molecule has 2 N–H and O–H groups in total. The van der Waals surface area contributed by atoms with Gasteiger partial charge in [0.15, 0.2) is 0 Å². The van der Waals surface area contributed by atoms with E-state index in [2.05, 4.69) is 0 Å². The van der Waals surface area contributed by atoms with E-state index in [1.807, 2.05) is 0 Å². The predicted octanol–water partition coefficient (Wildman–Crippen LogP) is 1.69. The number of esters is 1. The maximum Gasteiger partial charge on any atom is 0.309 e. The largest absolute Gasteiger partial charge is 0.490 e. The molecule has 1 aromatic carbocycles. The summed E-state index contributed by atoms with van der Waals surface area (Å²) in [6.07, 6.45) is 4.55. The molecule has 126 valence electrons. The molecule has 2 fully saturated rings. The lowest BCUT2D eigenvalue weighted by Gasteiger charge is -2.19. The monoisotopic (exact) mass is 339 g/mol. The summed E-state index contributed by atoms with van der Waals surface area (Å²) >= 11 is 0. The number of ether oxygens (including phenoxy) is 2.